The molecule has 0 unspecified atom stereocenters. The van der Waals surface area contributed by atoms with Gasteiger partial charge in [-0.25, -0.2) is 0 Å². The van der Waals surface area contributed by atoms with E-state index in [0.717, 1.165) is 0 Å². The molecule has 0 atom stereocenters. The Balaban J connectivity index is 3.28. The minimum atomic E-state index is -7.11. The molecule has 1 N–H and O–H groups in total. The number of carbonyl (C=O) groups excluding carboxylic acids is 1. The van der Waals surface area contributed by atoms with Crippen LogP contribution in [0.4, 0.5) is 45.2 Å². The highest BCUT2D eigenvalue weighted by molar-refractivity contribution is 5.98. The average Bonchev–Trinajstić information content (AvgIpc) is 2.40. The summed E-state index contributed by atoms with van der Waals surface area (Å²) < 4.78 is 115. The van der Waals surface area contributed by atoms with Crippen LogP contribution in [0.5, 0.6) is 0 Å². The maximum absolute atomic E-state index is 13.5. The van der Waals surface area contributed by atoms with Crippen LogP contribution in [0.1, 0.15) is 16.7 Å². The molecule has 0 radical (unpaired) electrons. The Morgan fingerprint density at radius 3 is 1.56 bits per heavy atom. The second-order valence-electron chi connectivity index (χ2n) is 5.45. The van der Waals surface area contributed by atoms with E-state index in [9.17, 15) is 44.3 Å². The van der Waals surface area contributed by atoms with E-state index in [1.54, 1.807) is 6.92 Å². The van der Waals surface area contributed by atoms with Crippen molar-refractivity contribution in [3.05, 3.63) is 28.8 Å². The smallest absolute Gasteiger partial charge is 0.320 e. The number of anilines is 1. The third-order valence-corrected chi connectivity index (χ3v) is 3.35. The molecule has 0 aliphatic rings. The van der Waals surface area contributed by atoms with Crippen molar-refractivity contribution in [2.75, 3.05) is 5.32 Å². The van der Waals surface area contributed by atoms with Gasteiger partial charge in [-0.3, -0.25) is 4.79 Å². The predicted molar refractivity (Wildman–Crippen MR) is 70.2 cm³/mol. The second-order valence-corrected chi connectivity index (χ2v) is 5.45. The molecule has 2 nitrogen and oxygen atoms in total. The molecule has 1 aromatic rings. The number of hydrogen-bond donors (Lipinski definition) is 1. The summed E-state index contributed by atoms with van der Waals surface area (Å²) >= 11 is 0. The summed E-state index contributed by atoms with van der Waals surface area (Å²) in [6.07, 6.45) is -6.98. The van der Waals surface area contributed by atoms with Crippen molar-refractivity contribution in [3.8, 4) is 0 Å². The predicted octanol–water partition coefficient (Wildman–Crippen LogP) is 5.02. The number of nitrogens with one attached hydrogen (secondary N) is 1. The normalized spacial score (nSPS) is 13.8. The molecule has 0 saturated heterocycles. The highest BCUT2D eigenvalue weighted by atomic mass is 19.4. The van der Waals surface area contributed by atoms with E-state index < -0.39 is 29.9 Å². The monoisotopic (exact) mass is 381 g/mol. The van der Waals surface area contributed by atoms with Crippen molar-refractivity contribution < 1.29 is 44.3 Å². The van der Waals surface area contributed by atoms with Gasteiger partial charge >= 0.3 is 29.9 Å². The molecule has 25 heavy (non-hydrogen) atoms. The molecule has 0 heterocycles. The maximum Gasteiger partial charge on any atom is 0.460 e. The Labute approximate surface area is 136 Å². The SMILES string of the molecule is Cc1cc(C)c(NC(=O)C(F)(F)C(F)(F)C(F)(F)C(F)(F)F)c(C)c1. The minimum absolute atomic E-state index is 0.132. The van der Waals surface area contributed by atoms with Crippen LogP contribution in [0.2, 0.25) is 0 Å². The first kappa shape index (κ1) is 21.1. The summed E-state index contributed by atoms with van der Waals surface area (Å²) in [7, 11) is 0. The van der Waals surface area contributed by atoms with Crippen molar-refractivity contribution in [2.45, 2.75) is 44.7 Å². The van der Waals surface area contributed by atoms with E-state index >= 15 is 0 Å². The molecule has 1 rings (SSSR count). The number of amides is 1. The van der Waals surface area contributed by atoms with Gasteiger partial charge in [-0.2, -0.15) is 39.5 Å². The molecule has 0 aromatic heterocycles. The lowest BCUT2D eigenvalue weighted by Gasteiger charge is -2.32. The number of hydrogen-bond acceptors (Lipinski definition) is 1. The lowest BCUT2D eigenvalue weighted by atomic mass is 10.0. The first-order chi connectivity index (χ1) is 11.0. The van der Waals surface area contributed by atoms with Gasteiger partial charge in [-0.15, -0.1) is 0 Å². The third-order valence-electron chi connectivity index (χ3n) is 3.35. The zero-order valence-corrected chi connectivity index (χ0v) is 13.0. The molecule has 142 valence electrons. The highest BCUT2D eigenvalue weighted by Gasteiger charge is 2.83. The van der Waals surface area contributed by atoms with Gasteiger partial charge in [-0.1, -0.05) is 17.7 Å². The van der Waals surface area contributed by atoms with Crippen molar-refractivity contribution in [1.29, 1.82) is 0 Å². The number of alkyl halides is 9. The highest BCUT2D eigenvalue weighted by Crippen LogP contribution is 2.53. The molecule has 0 aliphatic heterocycles. The second kappa shape index (κ2) is 6.10. The molecule has 0 saturated carbocycles. The van der Waals surface area contributed by atoms with Gasteiger partial charge < -0.3 is 5.32 Å². The Morgan fingerprint density at radius 1 is 0.800 bits per heavy atom. The van der Waals surface area contributed by atoms with Crippen molar-refractivity contribution in [1.82, 2.24) is 0 Å². The van der Waals surface area contributed by atoms with Crippen LogP contribution in [0.15, 0.2) is 12.1 Å². The molecule has 1 amide bonds. The van der Waals surface area contributed by atoms with Crippen molar-refractivity contribution in [3.63, 3.8) is 0 Å². The van der Waals surface area contributed by atoms with Crippen LogP contribution in [0, 0.1) is 20.8 Å². The minimum Gasteiger partial charge on any atom is -0.320 e. The van der Waals surface area contributed by atoms with E-state index in [2.05, 4.69) is 0 Å². The summed E-state index contributed by atoms with van der Waals surface area (Å²) in [4.78, 5) is 11.4. The van der Waals surface area contributed by atoms with Crippen molar-refractivity contribution in [2.24, 2.45) is 0 Å². The standard InChI is InChI=1S/C14H12F9NO/c1-6-4-7(2)9(8(3)5-6)24-10(25)11(15,16)12(17,18)13(19,20)14(21,22)23/h4-5H,1-3H3,(H,24,25). The largest absolute Gasteiger partial charge is 0.460 e. The summed E-state index contributed by atoms with van der Waals surface area (Å²) in [5.74, 6) is -23.4. The van der Waals surface area contributed by atoms with Crippen LogP contribution >= 0.6 is 0 Å². The number of carbonyl (C=O) groups is 1. The van der Waals surface area contributed by atoms with E-state index in [-0.39, 0.29) is 16.8 Å². The maximum atomic E-state index is 13.5. The van der Waals surface area contributed by atoms with Crippen LogP contribution < -0.4 is 5.32 Å². The van der Waals surface area contributed by atoms with Gasteiger partial charge in [-0.05, 0) is 31.9 Å². The topological polar surface area (TPSA) is 29.1 Å². The van der Waals surface area contributed by atoms with Crippen LogP contribution in [0.25, 0.3) is 0 Å². The van der Waals surface area contributed by atoms with Gasteiger partial charge in [0.1, 0.15) is 0 Å². The first-order valence-electron chi connectivity index (χ1n) is 6.56. The fourth-order valence-corrected chi connectivity index (χ4v) is 2.09. The Kier molecular flexibility index (Phi) is 5.15. The van der Waals surface area contributed by atoms with E-state index in [4.69, 9.17) is 0 Å². The fourth-order valence-electron chi connectivity index (χ4n) is 2.09. The molecular weight excluding hydrogens is 369 g/mol. The molecule has 0 aliphatic carbocycles. The van der Waals surface area contributed by atoms with Gasteiger partial charge in [0, 0.05) is 5.69 Å². The molecule has 0 spiro atoms. The summed E-state index contributed by atoms with van der Waals surface area (Å²) in [6.45, 7) is 4.20. The Hall–Kier alpha value is -1.94. The third kappa shape index (κ3) is 3.40. The van der Waals surface area contributed by atoms with Gasteiger partial charge in [0.25, 0.3) is 0 Å². The van der Waals surface area contributed by atoms with E-state index in [1.165, 1.54) is 31.3 Å². The molecule has 11 heteroatoms. The van der Waals surface area contributed by atoms with E-state index in [0.29, 0.717) is 5.56 Å². The van der Waals surface area contributed by atoms with Gasteiger partial charge in [0.2, 0.25) is 0 Å². The van der Waals surface area contributed by atoms with Crippen molar-refractivity contribution >= 4 is 11.6 Å². The molecule has 0 fully saturated rings. The van der Waals surface area contributed by atoms with Crippen LogP contribution in [-0.2, 0) is 4.79 Å². The number of rotatable bonds is 4. The van der Waals surface area contributed by atoms with Gasteiger partial charge in [0.05, 0.1) is 0 Å². The van der Waals surface area contributed by atoms with Crippen LogP contribution in [0.3, 0.4) is 0 Å². The first-order valence-corrected chi connectivity index (χ1v) is 6.56. The Morgan fingerprint density at radius 2 is 1.20 bits per heavy atom. The number of benzene rings is 1. The number of aryl methyl sites for hydroxylation is 3. The average molecular weight is 381 g/mol. The quantitative estimate of drug-likeness (QED) is 0.730. The lowest BCUT2D eigenvalue weighted by molar-refractivity contribution is -0.388. The zero-order chi connectivity index (χ0) is 20.0. The fraction of sp³-hybridized carbons (Fsp3) is 0.500. The zero-order valence-electron chi connectivity index (χ0n) is 13.0. The summed E-state index contributed by atoms with van der Waals surface area (Å²) in [5.41, 5.74) is 0.496. The number of halogens is 9. The van der Waals surface area contributed by atoms with Crippen LogP contribution in [-0.4, -0.2) is 29.9 Å². The molecule has 1 aromatic carbocycles. The van der Waals surface area contributed by atoms with Gasteiger partial charge in [0.15, 0.2) is 0 Å². The molecular formula is C14H12F9NO. The summed E-state index contributed by atoms with van der Waals surface area (Å²) in [6, 6.07) is 2.73. The van der Waals surface area contributed by atoms with E-state index in [1.807, 2.05) is 0 Å². The lowest BCUT2D eigenvalue weighted by Crippen LogP contribution is -2.64. The summed E-state index contributed by atoms with van der Waals surface area (Å²) in [5, 5.41) is 1.31. The Bertz CT molecular complexity index is 656. The molecule has 0 bridgehead atoms.